The zero-order valence-electron chi connectivity index (χ0n) is 17.3. The second-order valence-corrected chi connectivity index (χ2v) is 7.67. The van der Waals surface area contributed by atoms with Gasteiger partial charge in [-0.05, 0) is 36.1 Å². The maximum absolute atomic E-state index is 12.5. The smallest absolute Gasteiger partial charge is 0.288 e. The molecule has 1 atom stereocenters. The number of hydrogen-bond acceptors (Lipinski definition) is 3. The summed E-state index contributed by atoms with van der Waals surface area (Å²) in [6, 6.07) is 11.9. The van der Waals surface area contributed by atoms with E-state index in [9.17, 15) is 4.79 Å². The molecule has 30 heavy (non-hydrogen) atoms. The van der Waals surface area contributed by atoms with Gasteiger partial charge in [0.15, 0.2) is 5.76 Å². The Balaban J connectivity index is 1.46. The molecule has 154 valence electrons. The third-order valence-electron chi connectivity index (χ3n) is 5.29. The first kappa shape index (κ1) is 20.0. The first-order valence-corrected chi connectivity index (χ1v) is 10.4. The lowest BCUT2D eigenvalue weighted by atomic mass is 10.1. The van der Waals surface area contributed by atoms with E-state index in [4.69, 9.17) is 9.84 Å². The molecule has 1 aromatic carbocycles. The maximum atomic E-state index is 12.5. The topological polar surface area (TPSA) is 47.4 Å². The van der Waals surface area contributed by atoms with Crippen molar-refractivity contribution in [3.8, 4) is 0 Å². The van der Waals surface area contributed by atoms with Crippen molar-refractivity contribution in [1.82, 2.24) is 14.7 Å². The molecular formula is C25H27N3O2. The van der Waals surface area contributed by atoms with E-state index in [1.54, 1.807) is 11.9 Å². The van der Waals surface area contributed by atoms with Crippen molar-refractivity contribution in [2.24, 2.45) is 0 Å². The number of amides is 1. The lowest BCUT2D eigenvalue weighted by Crippen LogP contribution is -2.38. The number of rotatable bonds is 6. The number of nitrogens with zero attached hydrogens (tertiary/aromatic N) is 3. The van der Waals surface area contributed by atoms with Crippen LogP contribution in [-0.4, -0.2) is 34.2 Å². The molecule has 1 aliphatic heterocycles. The number of benzene rings is 1. The largest absolute Gasteiger partial charge is 0.483 e. The van der Waals surface area contributed by atoms with E-state index in [2.05, 4.69) is 36.4 Å². The zero-order chi connectivity index (χ0) is 20.8. The van der Waals surface area contributed by atoms with Gasteiger partial charge in [-0.25, -0.2) is 0 Å². The van der Waals surface area contributed by atoms with Gasteiger partial charge in [0.2, 0.25) is 0 Å². The number of carbonyl (C=O) groups excluding carboxylic acids is 1. The molecule has 0 saturated heterocycles. The van der Waals surface area contributed by atoms with E-state index in [1.165, 1.54) is 5.57 Å². The summed E-state index contributed by atoms with van der Waals surface area (Å²) in [6.07, 6.45) is 17.6. The van der Waals surface area contributed by atoms with Crippen LogP contribution >= 0.6 is 0 Å². The summed E-state index contributed by atoms with van der Waals surface area (Å²) >= 11 is 0. The normalized spacial score (nSPS) is 23.0. The van der Waals surface area contributed by atoms with Gasteiger partial charge in [0, 0.05) is 26.2 Å². The first-order chi connectivity index (χ1) is 14.7. The number of ether oxygens (including phenoxy) is 1. The van der Waals surface area contributed by atoms with Crippen LogP contribution in [0.5, 0.6) is 0 Å². The zero-order valence-corrected chi connectivity index (χ0v) is 17.3. The highest BCUT2D eigenvalue weighted by atomic mass is 16.5. The van der Waals surface area contributed by atoms with Crippen LogP contribution in [-0.2, 0) is 22.6 Å². The van der Waals surface area contributed by atoms with Gasteiger partial charge in [-0.2, -0.15) is 5.10 Å². The van der Waals surface area contributed by atoms with Crippen molar-refractivity contribution < 1.29 is 9.53 Å². The minimum absolute atomic E-state index is 0.0444. The molecule has 1 unspecified atom stereocenters. The van der Waals surface area contributed by atoms with Crippen molar-refractivity contribution in [2.75, 3.05) is 13.6 Å². The van der Waals surface area contributed by atoms with Crippen LogP contribution < -0.4 is 0 Å². The predicted octanol–water partition coefficient (Wildman–Crippen LogP) is 4.37. The van der Waals surface area contributed by atoms with Crippen LogP contribution in [0.3, 0.4) is 0 Å². The van der Waals surface area contributed by atoms with Crippen LogP contribution in [0.2, 0.25) is 0 Å². The standard InChI is InChI=1S/C25H27N3O2/c1-27-18-23(17-24(25(27)29)30-19-21-12-8-5-9-13-21)28-15-14-22(26-28)16-20-10-6-3-2-4-7-11-20/h2-3,5-6,8-15,17,23H,4,7,16,18-19H2,1H3/b3-2+,10-6-,20-11+. The van der Waals surface area contributed by atoms with Crippen LogP contribution in [0.15, 0.2) is 90.4 Å². The molecule has 0 radical (unpaired) electrons. The summed E-state index contributed by atoms with van der Waals surface area (Å²) in [5.41, 5.74) is 3.34. The summed E-state index contributed by atoms with van der Waals surface area (Å²) in [5, 5.41) is 4.78. The van der Waals surface area contributed by atoms with Crippen molar-refractivity contribution >= 4 is 5.91 Å². The number of hydrogen-bond donors (Lipinski definition) is 0. The number of likely N-dealkylation sites (N-methyl/N-ethyl adjacent to an activating group) is 1. The summed E-state index contributed by atoms with van der Waals surface area (Å²) in [4.78, 5) is 14.2. The monoisotopic (exact) mass is 401 g/mol. The first-order valence-electron chi connectivity index (χ1n) is 10.4. The molecule has 0 bridgehead atoms. The quantitative estimate of drug-likeness (QED) is 0.722. The van der Waals surface area contributed by atoms with Crippen LogP contribution in [0.25, 0.3) is 0 Å². The predicted molar refractivity (Wildman–Crippen MR) is 118 cm³/mol. The SMILES string of the molecule is CN1CC(n2ccc(CC3=C/CC/C=C/C=C\3)n2)C=C(OCc2ccccc2)C1=O. The second-order valence-electron chi connectivity index (χ2n) is 7.67. The lowest BCUT2D eigenvalue weighted by molar-refractivity contribution is -0.131. The fourth-order valence-electron chi connectivity index (χ4n) is 3.64. The van der Waals surface area contributed by atoms with Gasteiger partial charge in [0.25, 0.3) is 5.91 Å². The van der Waals surface area contributed by atoms with E-state index < -0.39 is 0 Å². The average molecular weight is 402 g/mol. The molecule has 1 aromatic heterocycles. The van der Waals surface area contributed by atoms with E-state index in [1.807, 2.05) is 47.3 Å². The molecule has 0 saturated carbocycles. The van der Waals surface area contributed by atoms with Crippen LogP contribution in [0, 0.1) is 0 Å². The van der Waals surface area contributed by atoms with Crippen molar-refractivity contribution in [2.45, 2.75) is 31.9 Å². The molecule has 2 heterocycles. The Morgan fingerprint density at radius 1 is 1.13 bits per heavy atom. The summed E-state index contributed by atoms with van der Waals surface area (Å²) < 4.78 is 7.79. The molecule has 1 aliphatic carbocycles. The molecule has 4 rings (SSSR count). The van der Waals surface area contributed by atoms with E-state index in [0.29, 0.717) is 18.9 Å². The Bertz CT molecular complexity index is 998. The molecule has 5 heteroatoms. The molecule has 0 fully saturated rings. The van der Waals surface area contributed by atoms with E-state index in [-0.39, 0.29) is 11.9 Å². The van der Waals surface area contributed by atoms with Gasteiger partial charge >= 0.3 is 0 Å². The number of allylic oxidation sites excluding steroid dienone is 6. The van der Waals surface area contributed by atoms with Gasteiger partial charge < -0.3 is 9.64 Å². The van der Waals surface area contributed by atoms with Gasteiger partial charge in [-0.3, -0.25) is 9.48 Å². The van der Waals surface area contributed by atoms with E-state index in [0.717, 1.165) is 30.5 Å². The average Bonchev–Trinajstić information content (AvgIpc) is 3.20. The molecule has 1 amide bonds. The molecular weight excluding hydrogens is 374 g/mol. The van der Waals surface area contributed by atoms with Crippen molar-refractivity contribution in [3.05, 3.63) is 102 Å². The minimum atomic E-state index is -0.0903. The second kappa shape index (κ2) is 9.44. The molecule has 0 spiro atoms. The van der Waals surface area contributed by atoms with Crippen molar-refractivity contribution in [3.63, 3.8) is 0 Å². The Hall–Kier alpha value is -3.34. The van der Waals surface area contributed by atoms with Gasteiger partial charge in [0.1, 0.15) is 6.61 Å². The maximum Gasteiger partial charge on any atom is 0.288 e. The fourth-order valence-corrected chi connectivity index (χ4v) is 3.64. The summed E-state index contributed by atoms with van der Waals surface area (Å²) in [7, 11) is 1.80. The van der Waals surface area contributed by atoms with Crippen LogP contribution in [0.1, 0.15) is 30.1 Å². The third-order valence-corrected chi connectivity index (χ3v) is 5.29. The highest BCUT2D eigenvalue weighted by Gasteiger charge is 2.27. The van der Waals surface area contributed by atoms with Gasteiger partial charge in [-0.1, -0.05) is 60.7 Å². The molecule has 0 N–H and O–H groups in total. The fraction of sp³-hybridized carbons (Fsp3) is 0.280. The Morgan fingerprint density at radius 3 is 2.87 bits per heavy atom. The Labute approximate surface area is 177 Å². The highest BCUT2D eigenvalue weighted by molar-refractivity contribution is 5.92. The Kier molecular flexibility index (Phi) is 6.28. The van der Waals surface area contributed by atoms with Crippen molar-refractivity contribution in [1.29, 1.82) is 0 Å². The van der Waals surface area contributed by atoms with Gasteiger partial charge in [0.05, 0.1) is 11.7 Å². The lowest BCUT2D eigenvalue weighted by Gasteiger charge is -2.28. The number of aromatic nitrogens is 2. The molecule has 5 nitrogen and oxygen atoms in total. The number of carbonyl (C=O) groups is 1. The van der Waals surface area contributed by atoms with Crippen LogP contribution in [0.4, 0.5) is 0 Å². The summed E-state index contributed by atoms with van der Waals surface area (Å²) in [6.45, 7) is 0.948. The third kappa shape index (κ3) is 4.98. The molecule has 2 aromatic rings. The summed E-state index contributed by atoms with van der Waals surface area (Å²) in [5.74, 6) is 0.291. The van der Waals surface area contributed by atoms with Gasteiger partial charge in [-0.15, -0.1) is 0 Å². The Morgan fingerprint density at radius 2 is 2.00 bits per heavy atom. The van der Waals surface area contributed by atoms with E-state index >= 15 is 0 Å². The molecule has 2 aliphatic rings. The highest BCUT2D eigenvalue weighted by Crippen LogP contribution is 2.22. The minimum Gasteiger partial charge on any atom is -0.483 e.